The first-order valence-corrected chi connectivity index (χ1v) is 8.85. The average Bonchev–Trinajstić information content (AvgIpc) is 3.11. The highest BCUT2D eigenvalue weighted by atomic mass is 16.4. The number of carbonyl (C=O) groups excluding carboxylic acids is 1. The summed E-state index contributed by atoms with van der Waals surface area (Å²) in [5.41, 5.74) is 2.43. The number of amides is 2. The second kappa shape index (κ2) is 7.99. The van der Waals surface area contributed by atoms with Crippen LogP contribution in [0.5, 0.6) is 0 Å². The maximum Gasteiger partial charge on any atom is 0.407 e. The molecular formula is C20H23N3O3. The van der Waals surface area contributed by atoms with Crippen LogP contribution in [-0.2, 0) is 6.42 Å². The smallest absolute Gasteiger partial charge is 0.407 e. The van der Waals surface area contributed by atoms with E-state index < -0.39 is 6.09 Å². The Kier molecular flexibility index (Phi) is 5.51. The van der Waals surface area contributed by atoms with Gasteiger partial charge >= 0.3 is 6.09 Å². The lowest BCUT2D eigenvalue weighted by atomic mass is 10.0. The number of hydrogen-bond acceptors (Lipinski definition) is 3. The number of rotatable bonds is 5. The van der Waals surface area contributed by atoms with Crippen molar-refractivity contribution >= 4 is 12.0 Å². The minimum atomic E-state index is -0.855. The molecule has 2 N–H and O–H groups in total. The lowest BCUT2D eigenvalue weighted by Gasteiger charge is -2.21. The Morgan fingerprint density at radius 2 is 2.04 bits per heavy atom. The van der Waals surface area contributed by atoms with Gasteiger partial charge < -0.3 is 15.3 Å². The van der Waals surface area contributed by atoms with E-state index >= 15 is 0 Å². The van der Waals surface area contributed by atoms with Crippen LogP contribution in [0.1, 0.15) is 47.4 Å². The number of nitrogens with zero attached hydrogens (tertiary/aromatic N) is 2. The molecule has 2 aromatic rings. The molecule has 6 nitrogen and oxygen atoms in total. The van der Waals surface area contributed by atoms with Gasteiger partial charge in [-0.05, 0) is 56.0 Å². The van der Waals surface area contributed by atoms with Crippen LogP contribution >= 0.6 is 0 Å². The Morgan fingerprint density at radius 3 is 2.69 bits per heavy atom. The third kappa shape index (κ3) is 4.20. The molecule has 2 atom stereocenters. The quantitative estimate of drug-likeness (QED) is 0.864. The predicted molar refractivity (Wildman–Crippen MR) is 98.0 cm³/mol. The van der Waals surface area contributed by atoms with E-state index in [2.05, 4.69) is 10.3 Å². The standard InChI is InChI=1S/C20H23N3O3/c1-14(18-6-2-3-11-21-18)22-19(24)16-9-7-15(8-10-16)13-17-5-4-12-23(17)20(25)26/h2-3,6-11,14,17H,4-5,12-13H2,1H3,(H,22,24)(H,25,26). The molecule has 3 rings (SSSR count). The number of likely N-dealkylation sites (tertiary alicyclic amines) is 1. The number of carbonyl (C=O) groups is 2. The van der Waals surface area contributed by atoms with Gasteiger partial charge in [0.05, 0.1) is 11.7 Å². The van der Waals surface area contributed by atoms with E-state index in [1.54, 1.807) is 18.3 Å². The number of benzene rings is 1. The van der Waals surface area contributed by atoms with Gasteiger partial charge in [0, 0.05) is 24.3 Å². The van der Waals surface area contributed by atoms with Crippen LogP contribution in [0.25, 0.3) is 0 Å². The fraction of sp³-hybridized carbons (Fsp3) is 0.350. The van der Waals surface area contributed by atoms with Gasteiger partial charge in [-0.3, -0.25) is 9.78 Å². The number of pyridine rings is 1. The lowest BCUT2D eigenvalue weighted by Crippen LogP contribution is -2.35. The zero-order chi connectivity index (χ0) is 18.5. The van der Waals surface area contributed by atoms with Crippen molar-refractivity contribution in [3.05, 3.63) is 65.5 Å². The van der Waals surface area contributed by atoms with E-state index in [1.807, 2.05) is 37.3 Å². The molecule has 26 heavy (non-hydrogen) atoms. The highest BCUT2D eigenvalue weighted by Gasteiger charge is 2.28. The van der Waals surface area contributed by atoms with E-state index in [0.717, 1.165) is 24.1 Å². The molecule has 2 amide bonds. The van der Waals surface area contributed by atoms with Gasteiger partial charge in [0.1, 0.15) is 0 Å². The summed E-state index contributed by atoms with van der Waals surface area (Å²) in [6.07, 6.45) is 3.32. The van der Waals surface area contributed by atoms with Crippen molar-refractivity contribution in [2.24, 2.45) is 0 Å². The maximum absolute atomic E-state index is 12.4. The summed E-state index contributed by atoms with van der Waals surface area (Å²) in [7, 11) is 0. The molecule has 1 aliphatic rings. The van der Waals surface area contributed by atoms with Crippen LogP contribution in [-0.4, -0.2) is 39.6 Å². The number of aromatic nitrogens is 1. The van der Waals surface area contributed by atoms with Crippen LogP contribution in [0.4, 0.5) is 4.79 Å². The van der Waals surface area contributed by atoms with E-state index in [4.69, 9.17) is 0 Å². The molecule has 0 spiro atoms. The molecule has 2 heterocycles. The summed E-state index contributed by atoms with van der Waals surface area (Å²) in [5.74, 6) is -0.150. The molecule has 0 bridgehead atoms. The minimum absolute atomic E-state index is 0.0244. The first-order chi connectivity index (χ1) is 12.5. The molecule has 6 heteroatoms. The molecule has 0 saturated carbocycles. The number of carboxylic acid groups (broad SMARTS) is 1. The average molecular weight is 353 g/mol. The topological polar surface area (TPSA) is 82.5 Å². The van der Waals surface area contributed by atoms with Crippen molar-refractivity contribution < 1.29 is 14.7 Å². The minimum Gasteiger partial charge on any atom is -0.465 e. The zero-order valence-electron chi connectivity index (χ0n) is 14.8. The van der Waals surface area contributed by atoms with Crippen molar-refractivity contribution in [2.75, 3.05) is 6.54 Å². The summed E-state index contributed by atoms with van der Waals surface area (Å²) >= 11 is 0. The molecule has 1 fully saturated rings. The molecule has 1 aliphatic heterocycles. The van der Waals surface area contributed by atoms with Gasteiger partial charge in [0.25, 0.3) is 5.91 Å². The molecule has 1 aromatic carbocycles. The monoisotopic (exact) mass is 353 g/mol. The SMILES string of the molecule is CC(NC(=O)c1ccc(CC2CCCN2C(=O)O)cc1)c1ccccn1. The van der Waals surface area contributed by atoms with Crippen LogP contribution in [0.2, 0.25) is 0 Å². The highest BCUT2D eigenvalue weighted by molar-refractivity contribution is 5.94. The van der Waals surface area contributed by atoms with Crippen LogP contribution < -0.4 is 5.32 Å². The van der Waals surface area contributed by atoms with Crippen molar-refractivity contribution in [3.63, 3.8) is 0 Å². The Hall–Kier alpha value is -2.89. The summed E-state index contributed by atoms with van der Waals surface area (Å²) in [6.45, 7) is 2.50. The molecule has 0 radical (unpaired) electrons. The fourth-order valence-corrected chi connectivity index (χ4v) is 3.35. The zero-order valence-corrected chi connectivity index (χ0v) is 14.8. The van der Waals surface area contributed by atoms with Gasteiger partial charge in [0.15, 0.2) is 0 Å². The first-order valence-electron chi connectivity index (χ1n) is 8.85. The molecule has 1 saturated heterocycles. The first kappa shape index (κ1) is 17.9. The summed E-state index contributed by atoms with van der Waals surface area (Å²) < 4.78 is 0. The predicted octanol–water partition coefficient (Wildman–Crippen LogP) is 3.26. The van der Waals surface area contributed by atoms with Gasteiger partial charge in [-0.15, -0.1) is 0 Å². The van der Waals surface area contributed by atoms with Crippen molar-refractivity contribution in [3.8, 4) is 0 Å². The van der Waals surface area contributed by atoms with Crippen LogP contribution in [0, 0.1) is 0 Å². The van der Waals surface area contributed by atoms with Crippen molar-refractivity contribution in [1.29, 1.82) is 0 Å². The highest BCUT2D eigenvalue weighted by Crippen LogP contribution is 2.21. The molecule has 2 unspecified atom stereocenters. The normalized spacial score (nSPS) is 17.7. The summed E-state index contributed by atoms with van der Waals surface area (Å²) in [4.78, 5) is 29.4. The van der Waals surface area contributed by atoms with Gasteiger partial charge in [-0.2, -0.15) is 0 Å². The fourth-order valence-electron chi connectivity index (χ4n) is 3.35. The van der Waals surface area contributed by atoms with E-state index in [0.29, 0.717) is 18.5 Å². The molecular weight excluding hydrogens is 330 g/mol. The van der Waals surface area contributed by atoms with Gasteiger partial charge in [-0.25, -0.2) is 4.79 Å². The van der Waals surface area contributed by atoms with E-state index in [9.17, 15) is 14.7 Å². The molecule has 1 aromatic heterocycles. The van der Waals surface area contributed by atoms with Crippen LogP contribution in [0.15, 0.2) is 48.7 Å². The van der Waals surface area contributed by atoms with Crippen molar-refractivity contribution in [1.82, 2.24) is 15.2 Å². The summed E-state index contributed by atoms with van der Waals surface area (Å²) in [6, 6.07) is 12.8. The lowest BCUT2D eigenvalue weighted by molar-refractivity contribution is 0.0939. The van der Waals surface area contributed by atoms with Crippen molar-refractivity contribution in [2.45, 2.75) is 38.3 Å². The molecule has 0 aliphatic carbocycles. The Labute approximate surface area is 152 Å². The Balaban J connectivity index is 1.60. The largest absolute Gasteiger partial charge is 0.465 e. The summed E-state index contributed by atoms with van der Waals surface area (Å²) in [5, 5.41) is 12.2. The third-order valence-corrected chi connectivity index (χ3v) is 4.79. The number of hydrogen-bond donors (Lipinski definition) is 2. The third-order valence-electron chi connectivity index (χ3n) is 4.79. The van der Waals surface area contributed by atoms with Gasteiger partial charge in [0.2, 0.25) is 0 Å². The number of nitrogens with one attached hydrogen (secondary N) is 1. The van der Waals surface area contributed by atoms with E-state index in [-0.39, 0.29) is 18.0 Å². The second-order valence-electron chi connectivity index (χ2n) is 6.62. The van der Waals surface area contributed by atoms with E-state index in [1.165, 1.54) is 4.90 Å². The Bertz CT molecular complexity index is 762. The van der Waals surface area contributed by atoms with Gasteiger partial charge in [-0.1, -0.05) is 18.2 Å². The molecule has 136 valence electrons. The Morgan fingerprint density at radius 1 is 1.27 bits per heavy atom. The van der Waals surface area contributed by atoms with Crippen LogP contribution in [0.3, 0.4) is 0 Å². The maximum atomic E-state index is 12.4. The second-order valence-corrected chi connectivity index (χ2v) is 6.62.